The predicted molar refractivity (Wildman–Crippen MR) is 97.1 cm³/mol. The lowest BCUT2D eigenvalue weighted by molar-refractivity contribution is -0.147. The highest BCUT2D eigenvalue weighted by molar-refractivity contribution is 5.25. The van der Waals surface area contributed by atoms with Crippen LogP contribution < -0.4 is 0 Å². The molecule has 0 bridgehead atoms. The molecule has 3 heterocycles. The van der Waals surface area contributed by atoms with Crippen LogP contribution in [0.3, 0.4) is 0 Å². The third kappa shape index (κ3) is 3.27. The fraction of sp³-hybridized carbons (Fsp3) is 0.667. The zero-order valence-corrected chi connectivity index (χ0v) is 15.5. The molecule has 0 spiro atoms. The summed E-state index contributed by atoms with van der Waals surface area (Å²) in [6.45, 7) is 4.07. The zero-order chi connectivity index (χ0) is 18.0. The smallest absolute Gasteiger partial charge is 0.165 e. The molecule has 26 heavy (non-hydrogen) atoms. The number of rotatable bonds is 6. The van der Waals surface area contributed by atoms with Gasteiger partial charge in [-0.3, -0.25) is 4.90 Å². The maximum atomic E-state index is 10.1. The predicted octanol–water partition coefficient (Wildman–Crippen LogP) is 3.77. The van der Waals surface area contributed by atoms with Gasteiger partial charge in [-0.2, -0.15) is 5.26 Å². The summed E-state index contributed by atoms with van der Waals surface area (Å²) in [5, 5.41) is 10.1. The van der Waals surface area contributed by atoms with E-state index in [1.165, 1.54) is 5.56 Å². The van der Waals surface area contributed by atoms with Crippen molar-refractivity contribution in [2.75, 3.05) is 19.8 Å². The Bertz CT molecular complexity index is 653. The SMILES string of the molecule is CC1(CCCCC2(C#N)CCC3OCC(c4ccccc4)N32)OCCO1. The summed E-state index contributed by atoms with van der Waals surface area (Å²) in [6.07, 6.45) is 5.69. The van der Waals surface area contributed by atoms with Gasteiger partial charge in [0.1, 0.15) is 11.8 Å². The maximum absolute atomic E-state index is 10.1. The third-order valence-corrected chi connectivity index (χ3v) is 6.15. The fourth-order valence-electron chi connectivity index (χ4n) is 4.77. The Morgan fingerprint density at radius 2 is 1.88 bits per heavy atom. The van der Waals surface area contributed by atoms with Crippen molar-refractivity contribution in [2.45, 2.75) is 69.0 Å². The van der Waals surface area contributed by atoms with Crippen LogP contribution in [0, 0.1) is 11.3 Å². The van der Waals surface area contributed by atoms with Crippen LogP contribution >= 0.6 is 0 Å². The Hall–Kier alpha value is -1.45. The average molecular weight is 356 g/mol. The summed E-state index contributed by atoms with van der Waals surface area (Å²) in [7, 11) is 0. The highest BCUT2D eigenvalue weighted by atomic mass is 16.7. The Labute approximate surface area is 155 Å². The normalized spacial score (nSPS) is 33.2. The van der Waals surface area contributed by atoms with E-state index in [0.717, 1.165) is 38.5 Å². The minimum absolute atomic E-state index is 0.0823. The summed E-state index contributed by atoms with van der Waals surface area (Å²) in [5.41, 5.74) is 0.830. The number of fused-ring (bicyclic) bond motifs is 1. The number of unbranched alkanes of at least 4 members (excludes halogenated alkanes) is 1. The first-order valence-corrected chi connectivity index (χ1v) is 9.80. The first-order chi connectivity index (χ1) is 12.7. The van der Waals surface area contributed by atoms with Gasteiger partial charge in [0.25, 0.3) is 0 Å². The molecular weight excluding hydrogens is 328 g/mol. The number of nitrogens with zero attached hydrogens (tertiary/aromatic N) is 2. The van der Waals surface area contributed by atoms with Gasteiger partial charge >= 0.3 is 0 Å². The van der Waals surface area contributed by atoms with E-state index >= 15 is 0 Å². The number of hydrogen-bond donors (Lipinski definition) is 0. The van der Waals surface area contributed by atoms with Crippen LogP contribution in [-0.4, -0.2) is 42.3 Å². The van der Waals surface area contributed by atoms with Crippen molar-refractivity contribution in [1.29, 1.82) is 5.26 Å². The summed E-state index contributed by atoms with van der Waals surface area (Å²) >= 11 is 0. The topological polar surface area (TPSA) is 54.7 Å². The van der Waals surface area contributed by atoms with Gasteiger partial charge in [-0.15, -0.1) is 0 Å². The Morgan fingerprint density at radius 3 is 2.62 bits per heavy atom. The van der Waals surface area contributed by atoms with Gasteiger partial charge in [-0.25, -0.2) is 0 Å². The van der Waals surface area contributed by atoms with Gasteiger partial charge in [0.2, 0.25) is 0 Å². The third-order valence-electron chi connectivity index (χ3n) is 6.15. The van der Waals surface area contributed by atoms with Crippen LogP contribution in [0.2, 0.25) is 0 Å². The van der Waals surface area contributed by atoms with Crippen molar-refractivity contribution in [3.63, 3.8) is 0 Å². The molecule has 140 valence electrons. The maximum Gasteiger partial charge on any atom is 0.165 e. The lowest BCUT2D eigenvalue weighted by atomic mass is 9.88. The van der Waals surface area contributed by atoms with Crippen molar-refractivity contribution in [1.82, 2.24) is 4.90 Å². The number of nitriles is 1. The molecule has 0 radical (unpaired) electrons. The minimum Gasteiger partial charge on any atom is -0.361 e. The highest BCUT2D eigenvalue weighted by Gasteiger charge is 2.53. The molecule has 0 saturated carbocycles. The molecule has 3 aliphatic heterocycles. The molecule has 0 N–H and O–H groups in total. The largest absolute Gasteiger partial charge is 0.361 e. The van der Waals surface area contributed by atoms with Gasteiger partial charge < -0.3 is 14.2 Å². The minimum atomic E-state index is -0.429. The molecule has 0 aliphatic carbocycles. The van der Waals surface area contributed by atoms with Gasteiger partial charge in [0, 0.05) is 6.42 Å². The summed E-state index contributed by atoms with van der Waals surface area (Å²) in [6, 6.07) is 13.3. The van der Waals surface area contributed by atoms with Crippen molar-refractivity contribution in [3.8, 4) is 6.07 Å². The Balaban J connectivity index is 1.42. The molecule has 5 nitrogen and oxygen atoms in total. The van der Waals surface area contributed by atoms with E-state index in [4.69, 9.17) is 14.2 Å². The molecule has 3 fully saturated rings. The lowest BCUT2D eigenvalue weighted by Crippen LogP contribution is -2.45. The van der Waals surface area contributed by atoms with Crippen molar-refractivity contribution < 1.29 is 14.2 Å². The number of hydrogen-bond acceptors (Lipinski definition) is 5. The molecule has 1 aromatic rings. The second kappa shape index (κ2) is 7.28. The van der Waals surface area contributed by atoms with Crippen LogP contribution in [-0.2, 0) is 14.2 Å². The summed E-state index contributed by atoms with van der Waals surface area (Å²) < 4.78 is 17.4. The van der Waals surface area contributed by atoms with Crippen LogP contribution in [0.1, 0.15) is 57.1 Å². The molecule has 3 unspecified atom stereocenters. The molecule has 3 atom stereocenters. The number of ether oxygens (including phenoxy) is 3. The van der Waals surface area contributed by atoms with E-state index in [1.807, 2.05) is 13.0 Å². The van der Waals surface area contributed by atoms with Crippen LogP contribution in [0.4, 0.5) is 0 Å². The van der Waals surface area contributed by atoms with Crippen molar-refractivity contribution in [2.24, 2.45) is 0 Å². The van der Waals surface area contributed by atoms with Gasteiger partial charge in [0.05, 0.1) is 31.9 Å². The van der Waals surface area contributed by atoms with E-state index < -0.39 is 11.3 Å². The second-order valence-corrected chi connectivity index (χ2v) is 7.84. The van der Waals surface area contributed by atoms with Gasteiger partial charge in [-0.1, -0.05) is 36.8 Å². The molecular formula is C21H28N2O3. The van der Waals surface area contributed by atoms with Crippen molar-refractivity contribution >= 4 is 0 Å². The fourth-order valence-corrected chi connectivity index (χ4v) is 4.77. The summed E-state index contributed by atoms with van der Waals surface area (Å²) in [4.78, 5) is 2.35. The van der Waals surface area contributed by atoms with Gasteiger partial charge in [0.15, 0.2) is 5.79 Å². The molecule has 1 aromatic carbocycles. The Kier molecular flexibility index (Phi) is 5.02. The molecule has 0 aromatic heterocycles. The quantitative estimate of drug-likeness (QED) is 0.726. The highest BCUT2D eigenvalue weighted by Crippen LogP contribution is 2.47. The average Bonchev–Trinajstić information content (AvgIpc) is 3.37. The van der Waals surface area contributed by atoms with Crippen molar-refractivity contribution in [3.05, 3.63) is 35.9 Å². The van der Waals surface area contributed by atoms with E-state index in [2.05, 4.69) is 35.2 Å². The molecule has 0 amide bonds. The van der Waals surface area contributed by atoms with Crippen LogP contribution in [0.25, 0.3) is 0 Å². The summed E-state index contributed by atoms with van der Waals surface area (Å²) in [5.74, 6) is -0.429. The van der Waals surface area contributed by atoms with Crippen LogP contribution in [0.5, 0.6) is 0 Å². The van der Waals surface area contributed by atoms with E-state index in [-0.39, 0.29) is 12.3 Å². The lowest BCUT2D eigenvalue weighted by Gasteiger charge is -2.36. The molecule has 3 aliphatic rings. The number of benzene rings is 1. The first-order valence-electron chi connectivity index (χ1n) is 9.80. The Morgan fingerprint density at radius 1 is 1.15 bits per heavy atom. The molecule has 5 heteroatoms. The second-order valence-electron chi connectivity index (χ2n) is 7.84. The van der Waals surface area contributed by atoms with Gasteiger partial charge in [-0.05, 0) is 38.2 Å². The standard InChI is InChI=1S/C21H28N2O3/c1-20(25-13-14-26-20)10-5-6-11-21(16-22)12-9-19-23(21)18(15-24-19)17-7-3-2-4-8-17/h2-4,7-8,18-19H,5-6,9-15H2,1H3. The van der Waals surface area contributed by atoms with Crippen LogP contribution in [0.15, 0.2) is 30.3 Å². The monoisotopic (exact) mass is 356 g/mol. The van der Waals surface area contributed by atoms with E-state index in [1.54, 1.807) is 0 Å². The molecule has 3 saturated heterocycles. The van der Waals surface area contributed by atoms with E-state index in [0.29, 0.717) is 19.8 Å². The zero-order valence-electron chi connectivity index (χ0n) is 15.5. The first kappa shape index (κ1) is 17.9. The molecule has 4 rings (SSSR count). The van der Waals surface area contributed by atoms with E-state index in [9.17, 15) is 5.26 Å².